The van der Waals surface area contributed by atoms with Gasteiger partial charge in [0.15, 0.2) is 0 Å². The van der Waals surface area contributed by atoms with E-state index >= 15 is 0 Å². The normalized spacial score (nSPS) is 12.8. The van der Waals surface area contributed by atoms with Gasteiger partial charge in [0, 0.05) is 17.6 Å². The average Bonchev–Trinajstić information content (AvgIpc) is 3.11. The molecule has 0 unspecified atom stereocenters. The highest BCUT2D eigenvalue weighted by molar-refractivity contribution is 7.14. The van der Waals surface area contributed by atoms with Crippen LogP contribution in [0.15, 0.2) is 24.3 Å². The zero-order chi connectivity index (χ0) is 17.3. The van der Waals surface area contributed by atoms with Gasteiger partial charge in [-0.3, -0.25) is 9.59 Å². The van der Waals surface area contributed by atoms with Crippen molar-refractivity contribution in [2.75, 3.05) is 18.9 Å². The number of carbonyl (C=O) groups excluding carboxylic acids is 2. The largest absolute Gasteiger partial charge is 0.332 e. The van der Waals surface area contributed by atoms with Crippen molar-refractivity contribution in [1.29, 1.82) is 0 Å². The van der Waals surface area contributed by atoms with E-state index in [9.17, 15) is 9.59 Å². The molecule has 1 heterocycles. The number of benzene rings is 1. The van der Waals surface area contributed by atoms with Crippen LogP contribution in [-0.4, -0.2) is 30.3 Å². The molecule has 0 radical (unpaired) electrons. The topological polar surface area (TPSA) is 49.4 Å². The van der Waals surface area contributed by atoms with Crippen molar-refractivity contribution >= 4 is 52.0 Å². The summed E-state index contributed by atoms with van der Waals surface area (Å²) in [7, 11) is 1.63. The molecule has 1 aliphatic rings. The summed E-state index contributed by atoms with van der Waals surface area (Å²) in [5.41, 5.74) is 1.82. The number of carbonyl (C=O) groups is 2. The van der Waals surface area contributed by atoms with E-state index in [1.54, 1.807) is 25.2 Å². The molecule has 3 rings (SSSR count). The maximum atomic E-state index is 12.5. The molecule has 2 amide bonds. The van der Waals surface area contributed by atoms with Crippen molar-refractivity contribution in [3.63, 3.8) is 0 Å². The molecule has 0 saturated heterocycles. The smallest absolute Gasteiger partial charge is 0.264 e. The van der Waals surface area contributed by atoms with Gasteiger partial charge in [-0.1, -0.05) is 23.2 Å². The van der Waals surface area contributed by atoms with Gasteiger partial charge in [-0.25, -0.2) is 0 Å². The van der Waals surface area contributed by atoms with Crippen molar-refractivity contribution in [2.45, 2.75) is 19.3 Å². The molecule has 0 atom stereocenters. The number of fused-ring (bicyclic) bond motifs is 1. The molecule has 1 aromatic carbocycles. The Morgan fingerprint density at radius 1 is 1.21 bits per heavy atom. The summed E-state index contributed by atoms with van der Waals surface area (Å²) in [6.07, 6.45) is 3.26. The molecule has 0 aliphatic heterocycles. The monoisotopic (exact) mass is 382 g/mol. The molecule has 0 saturated carbocycles. The van der Waals surface area contributed by atoms with Crippen LogP contribution in [0, 0.1) is 0 Å². The maximum absolute atomic E-state index is 12.5. The summed E-state index contributed by atoms with van der Waals surface area (Å²) in [5.74, 6) is -0.410. The van der Waals surface area contributed by atoms with Crippen LogP contribution in [0.4, 0.5) is 5.69 Å². The molecule has 1 aromatic heterocycles. The van der Waals surface area contributed by atoms with Crippen LogP contribution in [-0.2, 0) is 17.6 Å². The molecule has 24 heavy (non-hydrogen) atoms. The molecule has 126 valence electrons. The summed E-state index contributed by atoms with van der Waals surface area (Å²) < 4.78 is 0. The first-order valence-corrected chi connectivity index (χ1v) is 9.13. The van der Waals surface area contributed by atoms with Gasteiger partial charge in [0.2, 0.25) is 5.91 Å². The highest BCUT2D eigenvalue weighted by atomic mass is 35.5. The first-order valence-electron chi connectivity index (χ1n) is 7.56. The van der Waals surface area contributed by atoms with Gasteiger partial charge in [0.25, 0.3) is 5.91 Å². The molecular formula is C17H16Cl2N2O2S. The second kappa shape index (κ2) is 7.13. The van der Waals surface area contributed by atoms with Crippen molar-refractivity contribution in [2.24, 2.45) is 0 Å². The van der Waals surface area contributed by atoms with Gasteiger partial charge in [0.05, 0.1) is 21.5 Å². The Hall–Kier alpha value is -1.56. The number of nitrogens with one attached hydrogen (secondary N) is 1. The molecule has 0 spiro atoms. The Kier molecular flexibility index (Phi) is 5.13. The highest BCUT2D eigenvalue weighted by Crippen LogP contribution is 2.31. The zero-order valence-corrected chi connectivity index (χ0v) is 15.4. The summed E-state index contributed by atoms with van der Waals surface area (Å²) in [5, 5.41) is 3.51. The zero-order valence-electron chi connectivity index (χ0n) is 13.1. The summed E-state index contributed by atoms with van der Waals surface area (Å²) in [6, 6.07) is 6.81. The first-order chi connectivity index (χ1) is 11.4. The Balaban J connectivity index is 1.60. The quantitative estimate of drug-likeness (QED) is 0.858. The van der Waals surface area contributed by atoms with E-state index in [4.69, 9.17) is 23.2 Å². The lowest BCUT2D eigenvalue weighted by Gasteiger charge is -2.16. The summed E-state index contributed by atoms with van der Waals surface area (Å²) in [6.45, 7) is -0.0261. The lowest BCUT2D eigenvalue weighted by Crippen LogP contribution is -2.34. The number of halogens is 2. The van der Waals surface area contributed by atoms with Crippen molar-refractivity contribution in [1.82, 2.24) is 4.90 Å². The summed E-state index contributed by atoms with van der Waals surface area (Å²) in [4.78, 5) is 28.0. The third kappa shape index (κ3) is 3.74. The van der Waals surface area contributed by atoms with Gasteiger partial charge in [-0.05, 0) is 49.1 Å². The van der Waals surface area contributed by atoms with Gasteiger partial charge in [-0.2, -0.15) is 0 Å². The number of thiophene rings is 1. The second-order valence-corrected chi connectivity index (χ2v) is 7.70. The number of anilines is 1. The van der Waals surface area contributed by atoms with E-state index in [0.29, 0.717) is 20.6 Å². The number of hydrogen-bond acceptors (Lipinski definition) is 3. The molecule has 1 N–H and O–H groups in total. The van der Waals surface area contributed by atoms with Gasteiger partial charge >= 0.3 is 0 Å². The third-order valence-corrected chi connectivity index (χ3v) is 5.85. The lowest BCUT2D eigenvalue weighted by molar-refractivity contribution is -0.116. The van der Waals surface area contributed by atoms with Crippen LogP contribution in [0.2, 0.25) is 10.0 Å². The van der Waals surface area contributed by atoms with Crippen LogP contribution in [0.25, 0.3) is 0 Å². The Labute approximate surface area is 154 Å². The maximum Gasteiger partial charge on any atom is 0.264 e. The van der Waals surface area contributed by atoms with Gasteiger partial charge in [0.1, 0.15) is 0 Å². The fourth-order valence-corrected chi connectivity index (χ4v) is 4.23. The van der Waals surface area contributed by atoms with Crippen molar-refractivity contribution in [3.05, 3.63) is 49.6 Å². The molecule has 0 bridgehead atoms. The van der Waals surface area contributed by atoms with Crippen LogP contribution >= 0.6 is 34.5 Å². The van der Waals surface area contributed by atoms with Crippen molar-refractivity contribution < 1.29 is 9.59 Å². The fourth-order valence-electron chi connectivity index (χ4n) is 2.68. The fraction of sp³-hybridized carbons (Fsp3) is 0.294. The van der Waals surface area contributed by atoms with E-state index < -0.39 is 0 Å². The van der Waals surface area contributed by atoms with Crippen LogP contribution < -0.4 is 5.32 Å². The molecule has 7 heteroatoms. The average molecular weight is 383 g/mol. The number of rotatable bonds is 4. The van der Waals surface area contributed by atoms with Gasteiger partial charge in [-0.15, -0.1) is 11.3 Å². The Bertz CT molecular complexity index is 782. The van der Waals surface area contributed by atoms with E-state index in [-0.39, 0.29) is 18.4 Å². The molecule has 4 nitrogen and oxygen atoms in total. The number of amides is 2. The first kappa shape index (κ1) is 17.3. The number of nitrogens with zero attached hydrogens (tertiary/aromatic N) is 1. The SMILES string of the molecule is CN(CC(=O)Nc1ccc(Cl)c(Cl)c1)C(=O)c1cc2c(s1)CCC2. The Morgan fingerprint density at radius 3 is 2.71 bits per heavy atom. The van der Waals surface area contributed by atoms with E-state index in [1.165, 1.54) is 26.7 Å². The van der Waals surface area contributed by atoms with Gasteiger partial charge < -0.3 is 10.2 Å². The predicted molar refractivity (Wildman–Crippen MR) is 98.4 cm³/mol. The third-order valence-electron chi connectivity index (χ3n) is 3.89. The lowest BCUT2D eigenvalue weighted by atomic mass is 10.2. The number of hydrogen-bond donors (Lipinski definition) is 1. The molecular weight excluding hydrogens is 367 g/mol. The number of aryl methyl sites for hydroxylation is 2. The van der Waals surface area contributed by atoms with E-state index in [0.717, 1.165) is 19.3 Å². The molecule has 1 aliphatic carbocycles. The second-order valence-electron chi connectivity index (χ2n) is 5.75. The van der Waals surface area contributed by atoms with Crippen LogP contribution in [0.5, 0.6) is 0 Å². The van der Waals surface area contributed by atoms with Crippen LogP contribution in [0.1, 0.15) is 26.5 Å². The Morgan fingerprint density at radius 2 is 2.00 bits per heavy atom. The highest BCUT2D eigenvalue weighted by Gasteiger charge is 2.21. The minimum Gasteiger partial charge on any atom is -0.332 e. The minimum absolute atomic E-state index is 0.0261. The van der Waals surface area contributed by atoms with Crippen LogP contribution in [0.3, 0.4) is 0 Å². The van der Waals surface area contributed by atoms with E-state index in [1.807, 2.05) is 6.07 Å². The summed E-state index contributed by atoms with van der Waals surface area (Å²) >= 11 is 13.3. The van der Waals surface area contributed by atoms with E-state index in [2.05, 4.69) is 5.32 Å². The molecule has 0 fully saturated rings. The molecule has 2 aromatic rings. The number of likely N-dealkylation sites (N-methyl/N-ethyl adjacent to an activating group) is 1. The standard InChI is InChI=1S/C17H16Cl2N2O2S/c1-21(17(23)15-7-10-3-2-4-14(10)24-15)9-16(22)20-11-5-6-12(18)13(19)8-11/h5-8H,2-4,9H2,1H3,(H,20,22). The van der Waals surface area contributed by atoms with Crippen molar-refractivity contribution in [3.8, 4) is 0 Å². The predicted octanol–water partition coefficient (Wildman–Crippen LogP) is 4.25. The minimum atomic E-state index is -0.284.